The number of rotatable bonds is 0. The molecule has 0 saturated heterocycles. The summed E-state index contributed by atoms with van der Waals surface area (Å²) in [5.41, 5.74) is 0.842. The molecule has 1 nitrogen and oxygen atoms in total. The summed E-state index contributed by atoms with van der Waals surface area (Å²) in [6.45, 7) is 0. The molecule has 0 fully saturated rings. The second kappa shape index (κ2) is 3.68. The van der Waals surface area contributed by atoms with Crippen molar-refractivity contribution >= 4 is 74.7 Å². The van der Waals surface area contributed by atoms with Crippen LogP contribution in [0.5, 0.6) is 0 Å². The lowest BCUT2D eigenvalue weighted by atomic mass is 10.3. The summed E-state index contributed by atoms with van der Waals surface area (Å²) in [5.74, 6) is 0. The van der Waals surface area contributed by atoms with Gasteiger partial charge in [-0.15, -0.1) is 0 Å². The fourth-order valence-corrected chi connectivity index (χ4v) is 3.03. The van der Waals surface area contributed by atoms with Crippen LogP contribution in [0.15, 0.2) is 34.6 Å². The smallest absolute Gasteiger partial charge is 0.184 e. The minimum atomic E-state index is 0.710. The Labute approximate surface area is 108 Å². The van der Waals surface area contributed by atoms with Crippen molar-refractivity contribution in [2.45, 2.75) is 0 Å². The first-order chi connectivity index (χ1) is 6.11. The molecule has 0 unspecified atom stereocenters. The fourth-order valence-electron chi connectivity index (χ4n) is 1.06. The van der Waals surface area contributed by atoms with E-state index in [2.05, 4.69) is 63.7 Å². The van der Waals surface area contributed by atoms with Crippen LogP contribution in [0.1, 0.15) is 0 Å². The van der Waals surface area contributed by atoms with Gasteiger partial charge in [0.1, 0.15) is 5.58 Å². The highest BCUT2D eigenvalue weighted by atomic mass is 79.9. The summed E-state index contributed by atoms with van der Waals surface area (Å²) in [5, 5.41) is 1.03. The summed E-state index contributed by atoms with van der Waals surface area (Å²) in [6.07, 6.45) is 0. The molecule has 0 amide bonds. The van der Waals surface area contributed by atoms with E-state index >= 15 is 0 Å². The van der Waals surface area contributed by atoms with E-state index in [4.69, 9.17) is 4.42 Å². The van der Waals surface area contributed by atoms with Gasteiger partial charge in [0.15, 0.2) is 4.67 Å². The number of halogens is 4. The first-order valence-corrected chi connectivity index (χ1v) is 6.50. The Kier molecular flexibility index (Phi) is 2.89. The molecule has 13 heavy (non-hydrogen) atoms. The lowest BCUT2D eigenvalue weighted by Gasteiger charge is -1.96. The predicted octanol–water partition coefficient (Wildman–Crippen LogP) is 5.48. The van der Waals surface area contributed by atoms with Crippen LogP contribution in [0.3, 0.4) is 0 Å². The molecular weight excluding hydrogens is 432 g/mol. The zero-order valence-corrected chi connectivity index (χ0v) is 12.4. The standard InChI is InChI=1S/C8H2Br4O/c9-3-1-2-4-5(6(3)10)7(11)8(12)13-4/h1-2H. The highest BCUT2D eigenvalue weighted by Crippen LogP contribution is 2.41. The van der Waals surface area contributed by atoms with Crippen LogP contribution in [0.4, 0.5) is 0 Å². The molecule has 0 aliphatic heterocycles. The Morgan fingerprint density at radius 3 is 2.31 bits per heavy atom. The number of fused-ring (bicyclic) bond motifs is 1. The Balaban J connectivity index is 2.97. The monoisotopic (exact) mass is 430 g/mol. The van der Waals surface area contributed by atoms with Gasteiger partial charge in [-0.1, -0.05) is 0 Å². The third-order valence-electron chi connectivity index (χ3n) is 1.65. The highest BCUT2D eigenvalue weighted by molar-refractivity contribution is 9.13. The molecule has 2 rings (SSSR count). The third kappa shape index (κ3) is 1.64. The maximum absolute atomic E-state index is 5.45. The van der Waals surface area contributed by atoms with Crippen molar-refractivity contribution in [1.82, 2.24) is 0 Å². The third-order valence-corrected chi connectivity index (χ3v) is 5.51. The molecule has 0 spiro atoms. The molecule has 0 atom stereocenters. The Morgan fingerprint density at radius 1 is 0.923 bits per heavy atom. The van der Waals surface area contributed by atoms with Crippen molar-refractivity contribution in [3.8, 4) is 0 Å². The van der Waals surface area contributed by atoms with Gasteiger partial charge in [-0.05, 0) is 75.9 Å². The van der Waals surface area contributed by atoms with Crippen LogP contribution in [0.25, 0.3) is 11.0 Å². The van der Waals surface area contributed by atoms with Gasteiger partial charge < -0.3 is 4.42 Å². The average Bonchev–Trinajstić information content (AvgIpc) is 2.37. The molecule has 0 aliphatic carbocycles. The fraction of sp³-hybridized carbons (Fsp3) is 0. The van der Waals surface area contributed by atoms with Gasteiger partial charge in [0.25, 0.3) is 0 Å². The summed E-state index contributed by atoms with van der Waals surface area (Å²) < 4.78 is 9.09. The van der Waals surface area contributed by atoms with Crippen molar-refractivity contribution in [2.75, 3.05) is 0 Å². The second-order valence-corrected chi connectivity index (χ2v) is 5.58. The molecule has 0 saturated carbocycles. The van der Waals surface area contributed by atoms with Crippen LogP contribution in [-0.2, 0) is 0 Å². The molecule has 1 heterocycles. The van der Waals surface area contributed by atoms with Crippen molar-refractivity contribution < 1.29 is 4.42 Å². The zero-order chi connectivity index (χ0) is 9.59. The van der Waals surface area contributed by atoms with Crippen LogP contribution in [0, 0.1) is 0 Å². The molecule has 2 aromatic rings. The summed E-state index contributed by atoms with van der Waals surface area (Å²) >= 11 is 13.7. The molecule has 1 aromatic heterocycles. The zero-order valence-electron chi connectivity index (χ0n) is 6.07. The number of hydrogen-bond acceptors (Lipinski definition) is 1. The molecule has 0 aliphatic rings. The predicted molar refractivity (Wildman–Crippen MR) is 67.0 cm³/mol. The van der Waals surface area contributed by atoms with Crippen LogP contribution < -0.4 is 0 Å². The van der Waals surface area contributed by atoms with Gasteiger partial charge in [-0.25, -0.2) is 0 Å². The van der Waals surface area contributed by atoms with E-state index in [1.54, 1.807) is 0 Å². The van der Waals surface area contributed by atoms with Crippen LogP contribution in [0.2, 0.25) is 0 Å². The lowest BCUT2D eigenvalue weighted by molar-refractivity contribution is 0.585. The van der Waals surface area contributed by atoms with Gasteiger partial charge >= 0.3 is 0 Å². The summed E-state index contributed by atoms with van der Waals surface area (Å²) in [7, 11) is 0. The maximum atomic E-state index is 5.45. The van der Waals surface area contributed by atoms with Crippen LogP contribution >= 0.6 is 63.7 Å². The molecule has 0 bridgehead atoms. The van der Waals surface area contributed by atoms with Crippen molar-refractivity contribution in [3.05, 3.63) is 30.2 Å². The van der Waals surface area contributed by atoms with Gasteiger partial charge in [0.2, 0.25) is 0 Å². The van der Waals surface area contributed by atoms with Gasteiger partial charge in [0, 0.05) is 8.95 Å². The SMILES string of the molecule is Brc1ccc2oc(Br)c(Br)c2c1Br. The van der Waals surface area contributed by atoms with Crippen LogP contribution in [-0.4, -0.2) is 0 Å². The number of hydrogen-bond donors (Lipinski definition) is 0. The maximum Gasteiger partial charge on any atom is 0.184 e. The quantitative estimate of drug-likeness (QED) is 0.536. The highest BCUT2D eigenvalue weighted by Gasteiger charge is 2.13. The topological polar surface area (TPSA) is 13.1 Å². The second-order valence-electron chi connectivity index (χ2n) is 2.42. The van der Waals surface area contributed by atoms with Gasteiger partial charge in [-0.3, -0.25) is 0 Å². The molecular formula is C8H2Br4O. The van der Waals surface area contributed by atoms with Gasteiger partial charge in [0.05, 0.1) is 9.86 Å². The van der Waals surface area contributed by atoms with E-state index in [9.17, 15) is 0 Å². The number of furan rings is 1. The summed E-state index contributed by atoms with van der Waals surface area (Å²) in [4.78, 5) is 0. The Hall–Kier alpha value is 0.680. The van der Waals surface area contributed by atoms with Crippen molar-refractivity contribution in [2.24, 2.45) is 0 Å². The first kappa shape index (κ1) is 10.2. The number of benzene rings is 1. The normalized spacial score (nSPS) is 11.1. The van der Waals surface area contributed by atoms with E-state index in [0.29, 0.717) is 4.67 Å². The molecule has 0 N–H and O–H groups in total. The lowest BCUT2D eigenvalue weighted by Crippen LogP contribution is -1.71. The van der Waals surface area contributed by atoms with Crippen molar-refractivity contribution in [3.63, 3.8) is 0 Å². The van der Waals surface area contributed by atoms with E-state index < -0.39 is 0 Å². The molecule has 0 radical (unpaired) electrons. The van der Waals surface area contributed by atoms with E-state index in [1.165, 1.54) is 0 Å². The summed E-state index contributed by atoms with van der Waals surface area (Å²) in [6, 6.07) is 3.86. The first-order valence-electron chi connectivity index (χ1n) is 3.32. The molecule has 1 aromatic carbocycles. The van der Waals surface area contributed by atoms with E-state index in [1.807, 2.05) is 12.1 Å². The van der Waals surface area contributed by atoms with E-state index in [-0.39, 0.29) is 0 Å². The van der Waals surface area contributed by atoms with Crippen molar-refractivity contribution in [1.29, 1.82) is 0 Å². The molecule has 68 valence electrons. The largest absolute Gasteiger partial charge is 0.448 e. The minimum Gasteiger partial charge on any atom is -0.448 e. The Morgan fingerprint density at radius 2 is 1.62 bits per heavy atom. The van der Waals surface area contributed by atoms with E-state index in [0.717, 1.165) is 24.4 Å². The molecule has 5 heteroatoms. The average molecular weight is 434 g/mol. The Bertz CT molecular complexity index is 474. The minimum absolute atomic E-state index is 0.710. The van der Waals surface area contributed by atoms with Gasteiger partial charge in [-0.2, -0.15) is 0 Å².